The second-order valence-electron chi connectivity index (χ2n) is 3.48. The smallest absolute Gasteiger partial charge is 0.0481 e. The van der Waals surface area contributed by atoms with Gasteiger partial charge in [-0.15, -0.1) is 0 Å². The molecule has 3 heteroatoms. The molecule has 0 spiro atoms. The highest BCUT2D eigenvalue weighted by molar-refractivity contribution is 7.07. The molecule has 1 unspecified atom stereocenters. The molecule has 1 atom stereocenters. The summed E-state index contributed by atoms with van der Waals surface area (Å²) in [4.78, 5) is 0. The number of thiophene rings is 1. The Kier molecular flexibility index (Phi) is 2.70. The fourth-order valence-electron chi connectivity index (χ4n) is 1.56. The van der Waals surface area contributed by atoms with Gasteiger partial charge in [-0.25, -0.2) is 0 Å². The number of nitrogens with zero attached hydrogens (tertiary/aromatic N) is 1. The monoisotopic (exact) mass is 206 g/mol. The van der Waals surface area contributed by atoms with Gasteiger partial charge in [-0.2, -0.15) is 11.3 Å². The molecule has 0 saturated carbocycles. The minimum absolute atomic E-state index is 0.101. The molecule has 2 rings (SSSR count). The third-order valence-electron chi connectivity index (χ3n) is 2.26. The minimum Gasteiger partial charge on any atom is -0.346 e. The zero-order valence-electron chi connectivity index (χ0n) is 8.18. The Balaban J connectivity index is 2.21. The molecule has 2 aromatic heterocycles. The Morgan fingerprint density at radius 3 is 3.00 bits per heavy atom. The number of rotatable bonds is 3. The normalized spacial score (nSPS) is 13.0. The van der Waals surface area contributed by atoms with E-state index in [0.717, 1.165) is 6.54 Å². The van der Waals surface area contributed by atoms with E-state index in [4.69, 9.17) is 5.73 Å². The summed E-state index contributed by atoms with van der Waals surface area (Å²) < 4.78 is 2.20. The van der Waals surface area contributed by atoms with Gasteiger partial charge in [0, 0.05) is 24.5 Å². The van der Waals surface area contributed by atoms with Crippen LogP contribution in [0.3, 0.4) is 0 Å². The highest BCUT2D eigenvalue weighted by Gasteiger charge is 2.05. The molecule has 0 bridgehead atoms. The van der Waals surface area contributed by atoms with Crippen molar-refractivity contribution in [1.29, 1.82) is 0 Å². The van der Waals surface area contributed by atoms with Crippen molar-refractivity contribution >= 4 is 11.3 Å². The van der Waals surface area contributed by atoms with Crippen molar-refractivity contribution < 1.29 is 0 Å². The van der Waals surface area contributed by atoms with Crippen LogP contribution >= 0.6 is 11.3 Å². The van der Waals surface area contributed by atoms with E-state index < -0.39 is 0 Å². The lowest BCUT2D eigenvalue weighted by molar-refractivity contribution is 0.676. The summed E-state index contributed by atoms with van der Waals surface area (Å²) in [5, 5.41) is 4.27. The molecule has 0 radical (unpaired) electrons. The number of hydrogen-bond donors (Lipinski definition) is 1. The molecule has 0 aliphatic heterocycles. The van der Waals surface area contributed by atoms with Crippen molar-refractivity contribution in [1.82, 2.24) is 4.57 Å². The zero-order chi connectivity index (χ0) is 9.97. The Morgan fingerprint density at radius 1 is 1.50 bits per heavy atom. The summed E-state index contributed by atoms with van der Waals surface area (Å²) in [7, 11) is 0. The van der Waals surface area contributed by atoms with Crippen LogP contribution in [0, 0.1) is 0 Å². The van der Waals surface area contributed by atoms with Crippen LogP contribution in [0.1, 0.15) is 24.2 Å². The van der Waals surface area contributed by atoms with Crippen LogP contribution in [0.15, 0.2) is 35.2 Å². The van der Waals surface area contributed by atoms with Gasteiger partial charge in [-0.05, 0) is 41.4 Å². The van der Waals surface area contributed by atoms with Crippen molar-refractivity contribution in [3.63, 3.8) is 0 Å². The molecule has 0 aromatic carbocycles. The lowest BCUT2D eigenvalue weighted by Crippen LogP contribution is -2.12. The molecule has 2 nitrogen and oxygen atoms in total. The standard InChI is InChI=1S/C11H14N2S/c1-9(12)11-3-2-5-13(11)7-10-4-6-14-8-10/h2-6,8-9H,7,12H2,1H3. The maximum absolute atomic E-state index is 5.87. The number of hydrogen-bond acceptors (Lipinski definition) is 2. The van der Waals surface area contributed by atoms with Gasteiger partial charge in [-0.1, -0.05) is 0 Å². The van der Waals surface area contributed by atoms with Crippen LogP contribution < -0.4 is 5.73 Å². The Labute approximate surface area is 88.0 Å². The lowest BCUT2D eigenvalue weighted by Gasteiger charge is -2.10. The first-order chi connectivity index (χ1) is 6.77. The first-order valence-electron chi connectivity index (χ1n) is 4.69. The van der Waals surface area contributed by atoms with Gasteiger partial charge in [0.2, 0.25) is 0 Å². The van der Waals surface area contributed by atoms with Crippen molar-refractivity contribution in [3.05, 3.63) is 46.4 Å². The summed E-state index contributed by atoms with van der Waals surface area (Å²) in [5.41, 5.74) is 8.40. The summed E-state index contributed by atoms with van der Waals surface area (Å²) >= 11 is 1.73. The minimum atomic E-state index is 0.101. The lowest BCUT2D eigenvalue weighted by atomic mass is 10.2. The predicted octanol–water partition coefficient (Wildman–Crippen LogP) is 2.62. The Morgan fingerprint density at radius 2 is 2.36 bits per heavy atom. The van der Waals surface area contributed by atoms with Gasteiger partial charge in [0.05, 0.1) is 0 Å². The van der Waals surface area contributed by atoms with E-state index in [-0.39, 0.29) is 6.04 Å². The van der Waals surface area contributed by atoms with Gasteiger partial charge in [0.1, 0.15) is 0 Å². The molecule has 0 saturated heterocycles. The molecule has 2 heterocycles. The molecule has 0 fully saturated rings. The van der Waals surface area contributed by atoms with Gasteiger partial charge in [-0.3, -0.25) is 0 Å². The van der Waals surface area contributed by atoms with Gasteiger partial charge in [0.25, 0.3) is 0 Å². The van der Waals surface area contributed by atoms with Crippen molar-refractivity contribution in [3.8, 4) is 0 Å². The highest BCUT2D eigenvalue weighted by atomic mass is 32.1. The SMILES string of the molecule is CC(N)c1cccn1Cc1ccsc1. The van der Waals surface area contributed by atoms with Crippen molar-refractivity contribution in [2.45, 2.75) is 19.5 Å². The molecular weight excluding hydrogens is 192 g/mol. The topological polar surface area (TPSA) is 30.9 Å². The number of nitrogens with two attached hydrogens (primary N) is 1. The molecular formula is C11H14N2S. The fourth-order valence-corrected chi connectivity index (χ4v) is 2.22. The summed E-state index contributed by atoms with van der Waals surface area (Å²) in [5.74, 6) is 0. The van der Waals surface area contributed by atoms with Gasteiger partial charge >= 0.3 is 0 Å². The maximum Gasteiger partial charge on any atom is 0.0481 e. The average molecular weight is 206 g/mol. The van der Waals surface area contributed by atoms with E-state index in [2.05, 4.69) is 33.7 Å². The molecule has 74 valence electrons. The van der Waals surface area contributed by atoms with E-state index >= 15 is 0 Å². The molecule has 0 aliphatic rings. The van der Waals surface area contributed by atoms with Crippen LogP contribution in [0.4, 0.5) is 0 Å². The molecule has 2 aromatic rings. The summed E-state index contributed by atoms with van der Waals surface area (Å²) in [6.45, 7) is 2.94. The zero-order valence-corrected chi connectivity index (χ0v) is 9.00. The largest absolute Gasteiger partial charge is 0.346 e. The van der Waals surface area contributed by atoms with Crippen molar-refractivity contribution in [2.24, 2.45) is 5.73 Å². The van der Waals surface area contributed by atoms with Crippen LogP contribution in [0.25, 0.3) is 0 Å². The van der Waals surface area contributed by atoms with Gasteiger partial charge < -0.3 is 10.3 Å². The molecule has 14 heavy (non-hydrogen) atoms. The molecule has 0 aliphatic carbocycles. The van der Waals surface area contributed by atoms with E-state index in [1.54, 1.807) is 11.3 Å². The van der Waals surface area contributed by atoms with E-state index in [9.17, 15) is 0 Å². The van der Waals surface area contributed by atoms with E-state index in [1.807, 2.05) is 13.0 Å². The van der Waals surface area contributed by atoms with Crippen LogP contribution in [0.2, 0.25) is 0 Å². The highest BCUT2D eigenvalue weighted by Crippen LogP contribution is 2.14. The maximum atomic E-state index is 5.87. The average Bonchev–Trinajstić information content (AvgIpc) is 2.75. The van der Waals surface area contributed by atoms with Gasteiger partial charge in [0.15, 0.2) is 0 Å². The van der Waals surface area contributed by atoms with E-state index in [0.29, 0.717) is 0 Å². The first kappa shape index (κ1) is 9.49. The van der Waals surface area contributed by atoms with Crippen molar-refractivity contribution in [2.75, 3.05) is 0 Å². The molecule has 2 N–H and O–H groups in total. The third kappa shape index (κ3) is 1.89. The molecule has 0 amide bonds. The summed E-state index contributed by atoms with van der Waals surface area (Å²) in [6.07, 6.45) is 2.08. The van der Waals surface area contributed by atoms with Crippen LogP contribution in [0.5, 0.6) is 0 Å². The Bertz CT molecular complexity index is 387. The second-order valence-corrected chi connectivity index (χ2v) is 4.26. The second kappa shape index (κ2) is 3.98. The third-order valence-corrected chi connectivity index (χ3v) is 3.00. The van der Waals surface area contributed by atoms with E-state index in [1.165, 1.54) is 11.3 Å². The fraction of sp³-hybridized carbons (Fsp3) is 0.273. The first-order valence-corrected chi connectivity index (χ1v) is 5.63. The number of aromatic nitrogens is 1. The quantitative estimate of drug-likeness (QED) is 0.822. The Hall–Kier alpha value is -1.06. The van der Waals surface area contributed by atoms with Crippen LogP contribution in [-0.2, 0) is 6.54 Å². The predicted molar refractivity (Wildman–Crippen MR) is 60.5 cm³/mol. The van der Waals surface area contributed by atoms with Crippen LogP contribution in [-0.4, -0.2) is 4.57 Å². The summed E-state index contributed by atoms with van der Waals surface area (Å²) in [6, 6.07) is 6.38.